The molecule has 2 radical (unpaired) electrons. The lowest BCUT2D eigenvalue weighted by Gasteiger charge is -2.28. The summed E-state index contributed by atoms with van der Waals surface area (Å²) in [6, 6.07) is 11.0. The van der Waals surface area contributed by atoms with Crippen LogP contribution in [0.3, 0.4) is 0 Å². The van der Waals surface area contributed by atoms with E-state index in [9.17, 15) is 0 Å². The van der Waals surface area contributed by atoms with Crippen molar-refractivity contribution in [1.82, 2.24) is 0 Å². The second-order valence-corrected chi connectivity index (χ2v) is 5.99. The van der Waals surface area contributed by atoms with Gasteiger partial charge in [0, 0.05) is 0 Å². The van der Waals surface area contributed by atoms with Gasteiger partial charge in [0.1, 0.15) is 0 Å². The summed E-state index contributed by atoms with van der Waals surface area (Å²) in [4.78, 5) is 0. The quantitative estimate of drug-likeness (QED) is 0.647. The van der Waals surface area contributed by atoms with Crippen LogP contribution < -0.4 is 5.19 Å². The van der Waals surface area contributed by atoms with Crippen molar-refractivity contribution in [1.29, 1.82) is 0 Å². The van der Waals surface area contributed by atoms with Crippen molar-refractivity contribution in [3.63, 3.8) is 0 Å². The summed E-state index contributed by atoms with van der Waals surface area (Å²) in [7, 11) is 1.03. The van der Waals surface area contributed by atoms with Crippen molar-refractivity contribution in [3.8, 4) is 0 Å². The Morgan fingerprint density at radius 2 is 1.79 bits per heavy atom. The Bertz CT molecular complexity index is 268. The molecule has 1 aliphatic rings. The highest BCUT2D eigenvalue weighted by Crippen LogP contribution is 2.33. The molecule has 74 valence electrons. The molecular formula is C13H18Si. The molecule has 1 aromatic rings. The summed E-state index contributed by atoms with van der Waals surface area (Å²) < 4.78 is 0. The minimum absolute atomic E-state index is 0.947. The summed E-state index contributed by atoms with van der Waals surface area (Å²) >= 11 is 0. The first-order valence-electron chi connectivity index (χ1n) is 5.68. The Morgan fingerprint density at radius 1 is 1.07 bits per heavy atom. The fourth-order valence-electron chi connectivity index (χ4n) is 2.28. The summed E-state index contributed by atoms with van der Waals surface area (Å²) in [6.07, 6.45) is 5.81. The fourth-order valence-corrected chi connectivity index (χ4v) is 3.89. The molecule has 1 fully saturated rings. The van der Waals surface area contributed by atoms with E-state index in [2.05, 4.69) is 37.3 Å². The molecule has 1 saturated carbocycles. The lowest BCUT2D eigenvalue weighted by Crippen LogP contribution is -2.25. The number of hydrogen-bond donors (Lipinski definition) is 0. The van der Waals surface area contributed by atoms with Crippen LogP contribution in [0.5, 0.6) is 0 Å². The molecule has 0 aliphatic heterocycles. The molecule has 0 unspecified atom stereocenters. The summed E-state index contributed by atoms with van der Waals surface area (Å²) in [5.74, 6) is 0.947. The average molecular weight is 202 g/mol. The van der Waals surface area contributed by atoms with Gasteiger partial charge in [-0.25, -0.2) is 0 Å². The van der Waals surface area contributed by atoms with Gasteiger partial charge in [0.05, 0.1) is 9.52 Å². The van der Waals surface area contributed by atoms with Crippen molar-refractivity contribution in [2.45, 2.75) is 38.1 Å². The van der Waals surface area contributed by atoms with E-state index in [1.165, 1.54) is 25.7 Å². The lowest BCUT2D eigenvalue weighted by molar-refractivity contribution is 0.384. The normalized spacial score (nSPS) is 27.5. The molecule has 0 bridgehead atoms. The van der Waals surface area contributed by atoms with Crippen LogP contribution in [0.15, 0.2) is 30.3 Å². The third-order valence-corrected chi connectivity index (χ3v) is 5.13. The van der Waals surface area contributed by atoms with E-state index in [-0.39, 0.29) is 0 Å². The first-order chi connectivity index (χ1) is 6.86. The Morgan fingerprint density at radius 3 is 2.50 bits per heavy atom. The second kappa shape index (κ2) is 4.79. The summed E-state index contributed by atoms with van der Waals surface area (Å²) in [6.45, 7) is 2.43. The maximum Gasteiger partial charge on any atom is 0.0845 e. The van der Waals surface area contributed by atoms with E-state index < -0.39 is 0 Å². The zero-order valence-corrected chi connectivity index (χ0v) is 9.87. The molecule has 0 saturated heterocycles. The van der Waals surface area contributed by atoms with Gasteiger partial charge in [-0.3, -0.25) is 0 Å². The van der Waals surface area contributed by atoms with Crippen LogP contribution in [-0.4, -0.2) is 9.52 Å². The molecule has 2 rings (SSSR count). The SMILES string of the molecule is C[C@@H]1CCCC[C@H]1[Si]c1ccccc1. The predicted octanol–water partition coefficient (Wildman–Crippen LogP) is 3.01. The third-order valence-electron chi connectivity index (χ3n) is 3.24. The van der Waals surface area contributed by atoms with Gasteiger partial charge in [0.2, 0.25) is 0 Å². The van der Waals surface area contributed by atoms with Crippen LogP contribution in [0.1, 0.15) is 32.6 Å². The van der Waals surface area contributed by atoms with Gasteiger partial charge < -0.3 is 0 Å². The van der Waals surface area contributed by atoms with Crippen LogP contribution in [-0.2, 0) is 0 Å². The zero-order valence-electron chi connectivity index (χ0n) is 8.87. The van der Waals surface area contributed by atoms with Crippen molar-refractivity contribution in [2.24, 2.45) is 5.92 Å². The highest BCUT2D eigenvalue weighted by atomic mass is 28.2. The first-order valence-corrected chi connectivity index (χ1v) is 6.75. The molecule has 1 aliphatic carbocycles. The number of hydrogen-bond acceptors (Lipinski definition) is 0. The van der Waals surface area contributed by atoms with Crippen LogP contribution >= 0.6 is 0 Å². The molecule has 0 aromatic heterocycles. The molecule has 0 N–H and O–H groups in total. The van der Waals surface area contributed by atoms with Gasteiger partial charge in [0.25, 0.3) is 0 Å². The summed E-state index contributed by atoms with van der Waals surface area (Å²) in [5.41, 5.74) is 0.964. The number of rotatable bonds is 2. The van der Waals surface area contributed by atoms with Crippen molar-refractivity contribution in [2.75, 3.05) is 0 Å². The van der Waals surface area contributed by atoms with Crippen LogP contribution in [0.25, 0.3) is 0 Å². The lowest BCUT2D eigenvalue weighted by atomic mass is 9.90. The maximum absolute atomic E-state index is 2.43. The van der Waals surface area contributed by atoms with Gasteiger partial charge in [-0.1, -0.05) is 68.1 Å². The largest absolute Gasteiger partial charge is 0.0845 e. The molecule has 1 heteroatoms. The second-order valence-electron chi connectivity index (χ2n) is 4.38. The van der Waals surface area contributed by atoms with E-state index in [1.807, 2.05) is 0 Å². The molecule has 2 atom stereocenters. The molecule has 0 heterocycles. The standard InChI is InChI=1S/C13H18Si/c1-11-7-5-6-10-13(11)14-12-8-3-2-4-9-12/h2-4,8-9,11,13H,5-7,10H2,1H3/t11-,13-/m1/s1. The fraction of sp³-hybridized carbons (Fsp3) is 0.538. The Kier molecular flexibility index (Phi) is 3.41. The molecule has 14 heavy (non-hydrogen) atoms. The van der Waals surface area contributed by atoms with E-state index in [0.29, 0.717) is 0 Å². The first kappa shape index (κ1) is 9.97. The zero-order chi connectivity index (χ0) is 9.80. The minimum atomic E-state index is 0.947. The van der Waals surface area contributed by atoms with E-state index in [4.69, 9.17) is 0 Å². The van der Waals surface area contributed by atoms with E-state index in [1.54, 1.807) is 5.19 Å². The van der Waals surface area contributed by atoms with Crippen LogP contribution in [0, 0.1) is 5.92 Å². The van der Waals surface area contributed by atoms with E-state index in [0.717, 1.165) is 21.0 Å². The minimum Gasteiger partial charge on any atom is -0.0639 e. The van der Waals surface area contributed by atoms with Gasteiger partial charge in [-0.05, 0) is 11.5 Å². The van der Waals surface area contributed by atoms with Crippen LogP contribution in [0.4, 0.5) is 0 Å². The molecular weight excluding hydrogens is 184 g/mol. The van der Waals surface area contributed by atoms with Gasteiger partial charge >= 0.3 is 0 Å². The van der Waals surface area contributed by atoms with E-state index >= 15 is 0 Å². The van der Waals surface area contributed by atoms with Gasteiger partial charge in [-0.15, -0.1) is 0 Å². The molecule has 0 spiro atoms. The Hall–Kier alpha value is -0.563. The predicted molar refractivity (Wildman–Crippen MR) is 63.2 cm³/mol. The summed E-state index contributed by atoms with van der Waals surface area (Å²) in [5, 5.41) is 1.55. The van der Waals surface area contributed by atoms with Crippen LogP contribution in [0.2, 0.25) is 5.54 Å². The molecule has 0 nitrogen and oxygen atoms in total. The van der Waals surface area contributed by atoms with Gasteiger partial charge in [-0.2, -0.15) is 0 Å². The van der Waals surface area contributed by atoms with Gasteiger partial charge in [0.15, 0.2) is 0 Å². The maximum atomic E-state index is 2.43. The topological polar surface area (TPSA) is 0 Å². The third kappa shape index (κ3) is 2.47. The average Bonchev–Trinajstić information content (AvgIpc) is 2.23. The molecule has 1 aromatic carbocycles. The molecule has 0 amide bonds. The van der Waals surface area contributed by atoms with Crippen molar-refractivity contribution >= 4 is 14.7 Å². The Balaban J connectivity index is 1.96. The van der Waals surface area contributed by atoms with Crippen molar-refractivity contribution in [3.05, 3.63) is 30.3 Å². The smallest absolute Gasteiger partial charge is 0.0639 e. The highest BCUT2D eigenvalue weighted by Gasteiger charge is 2.21. The Labute approximate surface area is 89.6 Å². The number of benzene rings is 1. The van der Waals surface area contributed by atoms with Crippen molar-refractivity contribution < 1.29 is 0 Å². The monoisotopic (exact) mass is 202 g/mol. The highest BCUT2D eigenvalue weighted by molar-refractivity contribution is 6.55.